The Morgan fingerprint density at radius 1 is 1.31 bits per heavy atom. The summed E-state index contributed by atoms with van der Waals surface area (Å²) in [5.74, 6) is 0.276. The Labute approximate surface area is 151 Å². The highest BCUT2D eigenvalue weighted by molar-refractivity contribution is 7.91. The number of hydrogen-bond acceptors (Lipinski definition) is 7. The van der Waals surface area contributed by atoms with E-state index in [-0.39, 0.29) is 6.79 Å². The molecule has 2 aliphatic rings. The molecule has 0 radical (unpaired) electrons. The topological polar surface area (TPSA) is 108 Å². The molecule has 142 valence electrons. The number of aldehydes is 1. The van der Waals surface area contributed by atoms with Crippen molar-refractivity contribution in [3.63, 3.8) is 0 Å². The third-order valence-corrected chi connectivity index (χ3v) is 5.89. The maximum Gasteiger partial charge on any atom is 0.408 e. The van der Waals surface area contributed by atoms with Gasteiger partial charge in [0.05, 0.1) is 0 Å². The van der Waals surface area contributed by atoms with E-state index in [1.54, 1.807) is 39.0 Å². The number of rotatable bonds is 4. The van der Waals surface area contributed by atoms with Gasteiger partial charge in [-0.2, -0.15) is 0 Å². The summed E-state index contributed by atoms with van der Waals surface area (Å²) in [6.07, 6.45) is 0.666. The molecule has 1 heterocycles. The van der Waals surface area contributed by atoms with Gasteiger partial charge in [0.1, 0.15) is 22.7 Å². The summed E-state index contributed by atoms with van der Waals surface area (Å²) in [5.41, 5.74) is -1.80. The van der Waals surface area contributed by atoms with Gasteiger partial charge in [0.2, 0.25) is 6.79 Å². The van der Waals surface area contributed by atoms with Crippen molar-refractivity contribution >= 4 is 22.2 Å². The summed E-state index contributed by atoms with van der Waals surface area (Å²) in [4.78, 5) is 24.1. The lowest BCUT2D eigenvalue weighted by atomic mass is 10.1. The molecule has 1 saturated carbocycles. The minimum atomic E-state index is -3.62. The van der Waals surface area contributed by atoms with Gasteiger partial charge in [0, 0.05) is 12.2 Å². The Bertz CT molecular complexity index is 858. The number of benzene rings is 1. The fraction of sp³-hybridized carbons (Fsp3) is 0.529. The van der Waals surface area contributed by atoms with Crippen LogP contribution < -0.4 is 14.8 Å². The van der Waals surface area contributed by atoms with Crippen LogP contribution in [0.4, 0.5) is 4.79 Å². The van der Waals surface area contributed by atoms with Gasteiger partial charge in [-0.3, -0.25) is 0 Å². The highest BCUT2D eigenvalue weighted by Crippen LogP contribution is 2.55. The summed E-state index contributed by atoms with van der Waals surface area (Å²) < 4.78 is 40.2. The predicted molar refractivity (Wildman–Crippen MR) is 92.1 cm³/mol. The number of alkyl carbamates (subject to hydrolysis) is 1. The predicted octanol–water partition coefficient (Wildman–Crippen LogP) is 1.39. The number of hydrogen-bond donors (Lipinski definition) is 1. The number of fused-ring (bicyclic) bond motifs is 1. The Hall–Kier alpha value is -2.29. The molecule has 1 amide bonds. The van der Waals surface area contributed by atoms with Gasteiger partial charge in [0.15, 0.2) is 21.3 Å². The van der Waals surface area contributed by atoms with E-state index < -0.39 is 38.2 Å². The van der Waals surface area contributed by atoms with Crippen LogP contribution in [0.2, 0.25) is 0 Å². The second-order valence-electron chi connectivity index (χ2n) is 7.52. The van der Waals surface area contributed by atoms with Crippen molar-refractivity contribution in [3.8, 4) is 11.5 Å². The zero-order valence-electron chi connectivity index (χ0n) is 14.9. The van der Waals surface area contributed by atoms with Crippen molar-refractivity contribution < 1.29 is 32.2 Å². The molecule has 1 aliphatic heterocycles. The molecule has 0 unspecified atom stereocenters. The average molecular weight is 383 g/mol. The lowest BCUT2D eigenvalue weighted by Crippen LogP contribution is -2.45. The average Bonchev–Trinajstić information content (AvgIpc) is 2.93. The fourth-order valence-corrected chi connectivity index (χ4v) is 5.10. The van der Waals surface area contributed by atoms with E-state index >= 15 is 0 Å². The van der Waals surface area contributed by atoms with Crippen LogP contribution in [-0.2, 0) is 19.4 Å². The summed E-state index contributed by atoms with van der Waals surface area (Å²) in [5, 5.41) is 1.38. The highest BCUT2D eigenvalue weighted by atomic mass is 32.2. The zero-order chi connectivity index (χ0) is 19.3. The van der Waals surface area contributed by atoms with Crippen LogP contribution in [0.15, 0.2) is 18.2 Å². The number of nitrogens with one attached hydrogen (secondary N) is 1. The standard InChI is InChI=1S/C17H21NO7S/c1-16(2,3)25-15(20)18-17(8-19)13(14(17)26(4,21)22)10-5-6-11-12(7-10)24-9-23-11/h5-8,13-14H,9H2,1-4H3,(H,18,20)/t13-,14+,17+/m0/s1. The van der Waals surface area contributed by atoms with Gasteiger partial charge < -0.3 is 24.3 Å². The molecule has 1 aromatic carbocycles. The number of carbonyl (C=O) groups excluding carboxylic acids is 2. The monoisotopic (exact) mass is 383 g/mol. The van der Waals surface area contributed by atoms with Crippen LogP contribution in [0, 0.1) is 0 Å². The summed E-state index contributed by atoms with van der Waals surface area (Å²) >= 11 is 0. The number of sulfone groups is 1. The molecule has 0 bridgehead atoms. The molecule has 3 rings (SSSR count). The van der Waals surface area contributed by atoms with E-state index in [0.29, 0.717) is 23.3 Å². The number of ether oxygens (including phenoxy) is 3. The molecule has 9 heteroatoms. The second kappa shape index (κ2) is 5.87. The van der Waals surface area contributed by atoms with E-state index in [2.05, 4.69) is 5.32 Å². The molecule has 1 aliphatic carbocycles. The third-order valence-electron chi connectivity index (χ3n) is 4.31. The van der Waals surface area contributed by atoms with Crippen molar-refractivity contribution in [2.75, 3.05) is 13.0 Å². The normalized spacial score (nSPS) is 26.9. The van der Waals surface area contributed by atoms with Crippen molar-refractivity contribution in [2.45, 2.75) is 43.1 Å². The van der Waals surface area contributed by atoms with Crippen LogP contribution in [0.1, 0.15) is 32.3 Å². The van der Waals surface area contributed by atoms with Crippen LogP contribution in [0.25, 0.3) is 0 Å². The molecule has 0 spiro atoms. The Morgan fingerprint density at radius 2 is 1.96 bits per heavy atom. The van der Waals surface area contributed by atoms with E-state index in [0.717, 1.165) is 6.26 Å². The quantitative estimate of drug-likeness (QED) is 0.783. The Balaban J connectivity index is 1.94. The molecule has 1 fully saturated rings. The van der Waals surface area contributed by atoms with Gasteiger partial charge in [-0.25, -0.2) is 13.2 Å². The lowest BCUT2D eigenvalue weighted by molar-refractivity contribution is -0.110. The van der Waals surface area contributed by atoms with Crippen LogP contribution in [0.5, 0.6) is 11.5 Å². The first-order valence-corrected chi connectivity index (χ1v) is 9.99. The first-order valence-electron chi connectivity index (χ1n) is 8.04. The third kappa shape index (κ3) is 3.23. The maximum absolute atomic E-state index is 12.2. The van der Waals surface area contributed by atoms with Crippen LogP contribution in [-0.4, -0.2) is 50.2 Å². The molecule has 8 nitrogen and oxygen atoms in total. The van der Waals surface area contributed by atoms with Crippen LogP contribution in [0.3, 0.4) is 0 Å². The van der Waals surface area contributed by atoms with Gasteiger partial charge in [-0.15, -0.1) is 0 Å². The van der Waals surface area contributed by atoms with Crippen molar-refractivity contribution in [3.05, 3.63) is 23.8 Å². The minimum Gasteiger partial charge on any atom is -0.454 e. The molecular formula is C17H21NO7S. The van der Waals surface area contributed by atoms with Gasteiger partial charge in [-0.05, 0) is 38.5 Å². The summed E-state index contributed by atoms with van der Waals surface area (Å²) in [6.45, 7) is 5.11. The molecule has 0 aromatic heterocycles. The van der Waals surface area contributed by atoms with Crippen molar-refractivity contribution in [1.29, 1.82) is 0 Å². The van der Waals surface area contributed by atoms with Gasteiger partial charge >= 0.3 is 6.09 Å². The summed E-state index contributed by atoms with van der Waals surface area (Å²) in [6, 6.07) is 4.95. The Kier molecular flexibility index (Phi) is 4.18. The van der Waals surface area contributed by atoms with E-state index in [9.17, 15) is 18.0 Å². The second-order valence-corrected chi connectivity index (χ2v) is 9.69. The molecule has 26 heavy (non-hydrogen) atoms. The largest absolute Gasteiger partial charge is 0.454 e. The Morgan fingerprint density at radius 3 is 2.54 bits per heavy atom. The van der Waals surface area contributed by atoms with Crippen molar-refractivity contribution in [1.82, 2.24) is 5.32 Å². The molecule has 1 N–H and O–H groups in total. The highest BCUT2D eigenvalue weighted by Gasteiger charge is 2.72. The van der Waals surface area contributed by atoms with Gasteiger partial charge in [-0.1, -0.05) is 6.07 Å². The van der Waals surface area contributed by atoms with E-state index in [4.69, 9.17) is 14.2 Å². The zero-order valence-corrected chi connectivity index (χ0v) is 15.8. The lowest BCUT2D eigenvalue weighted by Gasteiger charge is -2.22. The molecule has 1 aromatic rings. The van der Waals surface area contributed by atoms with Crippen LogP contribution >= 0.6 is 0 Å². The first-order chi connectivity index (χ1) is 12.0. The van der Waals surface area contributed by atoms with Crippen molar-refractivity contribution in [2.24, 2.45) is 0 Å². The number of carbonyl (C=O) groups is 2. The fourth-order valence-electron chi connectivity index (χ4n) is 3.33. The first kappa shape index (κ1) is 18.5. The van der Waals surface area contributed by atoms with Gasteiger partial charge in [0.25, 0.3) is 0 Å². The van der Waals surface area contributed by atoms with E-state index in [1.807, 2.05) is 0 Å². The smallest absolute Gasteiger partial charge is 0.408 e. The minimum absolute atomic E-state index is 0.0773. The molecular weight excluding hydrogens is 362 g/mol. The molecule has 3 atom stereocenters. The SMILES string of the molecule is CC(C)(C)OC(=O)N[C@@]1(C=O)[C@H](S(C)(=O)=O)[C@@H]1c1ccc2c(c1)OCO2. The maximum atomic E-state index is 12.2. The van der Waals surface area contributed by atoms with E-state index in [1.165, 1.54) is 0 Å². The molecule has 0 saturated heterocycles. The summed E-state index contributed by atoms with van der Waals surface area (Å²) in [7, 11) is -3.62. The number of amides is 1.